The van der Waals surface area contributed by atoms with Crippen LogP contribution in [0.25, 0.3) is 0 Å². The smallest absolute Gasteiger partial charge is 0.111 e. The lowest BCUT2D eigenvalue weighted by molar-refractivity contribution is -0.0371. The van der Waals surface area contributed by atoms with Gasteiger partial charge in [0.1, 0.15) is 5.82 Å². The van der Waals surface area contributed by atoms with Crippen molar-refractivity contribution in [3.63, 3.8) is 0 Å². The molecule has 100 valence electrons. The zero-order chi connectivity index (χ0) is 12.6. The molecule has 0 spiro atoms. The molecule has 3 heterocycles. The molecule has 2 unspecified atom stereocenters. The largest absolute Gasteiger partial charge is 0.389 e. The summed E-state index contributed by atoms with van der Waals surface area (Å²) in [4.78, 5) is 6.94. The van der Waals surface area contributed by atoms with Crippen molar-refractivity contribution in [3.8, 4) is 0 Å². The maximum absolute atomic E-state index is 10.8. The van der Waals surface area contributed by atoms with Gasteiger partial charge in [0.2, 0.25) is 0 Å². The third-order valence-corrected chi connectivity index (χ3v) is 4.61. The number of fused-ring (bicyclic) bond motifs is 1. The van der Waals surface area contributed by atoms with E-state index in [-0.39, 0.29) is 0 Å². The van der Waals surface area contributed by atoms with Gasteiger partial charge in [0.25, 0.3) is 0 Å². The Hall–Kier alpha value is -0.870. The van der Waals surface area contributed by atoms with Crippen molar-refractivity contribution in [2.24, 2.45) is 0 Å². The summed E-state index contributed by atoms with van der Waals surface area (Å²) in [5.41, 5.74) is -0.538. The predicted molar refractivity (Wildman–Crippen MR) is 70.4 cm³/mol. The van der Waals surface area contributed by atoms with Crippen LogP contribution < -0.4 is 0 Å². The number of rotatable bonds is 3. The normalized spacial score (nSPS) is 32.7. The third-order valence-electron chi connectivity index (χ3n) is 4.61. The highest BCUT2D eigenvalue weighted by Crippen LogP contribution is 2.34. The van der Waals surface area contributed by atoms with E-state index >= 15 is 0 Å². The molecule has 1 N–H and O–H groups in total. The monoisotopic (exact) mass is 249 g/mol. The SMILES string of the molecule is CCn1ccnc1CC1(O)CCN2CCCC2C1. The number of piperidine rings is 1. The standard InChI is InChI=1S/C14H23N3O/c1-2-16-9-6-15-13(16)11-14(18)5-8-17-7-3-4-12(17)10-14/h6,9,12,18H,2-5,7-8,10-11H2,1H3. The van der Waals surface area contributed by atoms with Crippen LogP contribution in [0.5, 0.6) is 0 Å². The van der Waals surface area contributed by atoms with Crippen LogP contribution in [-0.4, -0.2) is 44.3 Å². The van der Waals surface area contributed by atoms with Gasteiger partial charge < -0.3 is 14.6 Å². The third kappa shape index (κ3) is 2.19. The van der Waals surface area contributed by atoms with E-state index < -0.39 is 5.60 Å². The number of imidazole rings is 1. The average Bonchev–Trinajstić information content (AvgIpc) is 2.96. The molecule has 2 aliphatic heterocycles. The van der Waals surface area contributed by atoms with Gasteiger partial charge in [-0.15, -0.1) is 0 Å². The predicted octanol–water partition coefficient (Wildman–Crippen LogP) is 1.43. The minimum absolute atomic E-state index is 0.538. The van der Waals surface area contributed by atoms with Crippen molar-refractivity contribution in [2.45, 2.75) is 57.2 Å². The summed E-state index contributed by atoms with van der Waals surface area (Å²) in [5, 5.41) is 10.8. The average molecular weight is 249 g/mol. The van der Waals surface area contributed by atoms with Crippen LogP contribution in [0.15, 0.2) is 12.4 Å². The highest BCUT2D eigenvalue weighted by Gasteiger charge is 2.40. The fourth-order valence-corrected chi connectivity index (χ4v) is 3.56. The summed E-state index contributed by atoms with van der Waals surface area (Å²) in [6.07, 6.45) is 8.91. The van der Waals surface area contributed by atoms with Crippen LogP contribution in [0.2, 0.25) is 0 Å². The molecule has 0 aliphatic carbocycles. The fourth-order valence-electron chi connectivity index (χ4n) is 3.56. The van der Waals surface area contributed by atoms with Crippen molar-refractivity contribution < 1.29 is 5.11 Å². The summed E-state index contributed by atoms with van der Waals surface area (Å²) in [6, 6.07) is 0.605. The first-order chi connectivity index (χ1) is 8.70. The van der Waals surface area contributed by atoms with Crippen LogP contribution in [-0.2, 0) is 13.0 Å². The van der Waals surface area contributed by atoms with Gasteiger partial charge in [-0.2, -0.15) is 0 Å². The zero-order valence-corrected chi connectivity index (χ0v) is 11.2. The van der Waals surface area contributed by atoms with Gasteiger partial charge in [0, 0.05) is 37.9 Å². The number of aliphatic hydroxyl groups is 1. The quantitative estimate of drug-likeness (QED) is 0.881. The molecule has 2 saturated heterocycles. The Labute approximate surface area is 109 Å². The Bertz CT molecular complexity index is 417. The molecule has 2 atom stereocenters. The maximum Gasteiger partial charge on any atom is 0.111 e. The molecule has 0 amide bonds. The highest BCUT2D eigenvalue weighted by molar-refractivity contribution is 5.03. The van der Waals surface area contributed by atoms with Crippen LogP contribution in [0.1, 0.15) is 38.4 Å². The van der Waals surface area contributed by atoms with E-state index in [1.165, 1.54) is 19.4 Å². The Morgan fingerprint density at radius 2 is 2.39 bits per heavy atom. The molecule has 0 bridgehead atoms. The molecule has 18 heavy (non-hydrogen) atoms. The Kier molecular flexibility index (Phi) is 3.16. The number of aryl methyl sites for hydroxylation is 1. The molecule has 0 radical (unpaired) electrons. The second-order valence-electron chi connectivity index (χ2n) is 5.82. The first-order valence-electron chi connectivity index (χ1n) is 7.17. The van der Waals surface area contributed by atoms with Gasteiger partial charge in [0.15, 0.2) is 0 Å². The number of hydrogen-bond donors (Lipinski definition) is 1. The van der Waals surface area contributed by atoms with E-state index in [9.17, 15) is 5.11 Å². The molecule has 4 nitrogen and oxygen atoms in total. The van der Waals surface area contributed by atoms with Gasteiger partial charge in [-0.3, -0.25) is 0 Å². The van der Waals surface area contributed by atoms with E-state index in [1.54, 1.807) is 0 Å². The van der Waals surface area contributed by atoms with Crippen LogP contribution in [0, 0.1) is 0 Å². The van der Waals surface area contributed by atoms with Crippen molar-refractivity contribution in [1.82, 2.24) is 14.5 Å². The fraction of sp³-hybridized carbons (Fsp3) is 0.786. The molecule has 1 aromatic rings. The van der Waals surface area contributed by atoms with E-state index in [4.69, 9.17) is 0 Å². The molecule has 1 aromatic heterocycles. The molecule has 2 aliphatic rings. The van der Waals surface area contributed by atoms with Gasteiger partial charge in [-0.1, -0.05) is 0 Å². The highest BCUT2D eigenvalue weighted by atomic mass is 16.3. The maximum atomic E-state index is 10.8. The summed E-state index contributed by atoms with van der Waals surface area (Å²) in [6.45, 7) is 5.33. The minimum Gasteiger partial charge on any atom is -0.389 e. The first kappa shape index (κ1) is 12.2. The Morgan fingerprint density at radius 1 is 1.50 bits per heavy atom. The lowest BCUT2D eigenvalue weighted by atomic mass is 9.84. The molecular weight excluding hydrogens is 226 g/mol. The van der Waals surface area contributed by atoms with Crippen LogP contribution >= 0.6 is 0 Å². The van der Waals surface area contributed by atoms with Crippen LogP contribution in [0.4, 0.5) is 0 Å². The van der Waals surface area contributed by atoms with Gasteiger partial charge in [0.05, 0.1) is 5.60 Å². The first-order valence-corrected chi connectivity index (χ1v) is 7.17. The summed E-state index contributed by atoms with van der Waals surface area (Å²) in [5.74, 6) is 1.03. The van der Waals surface area contributed by atoms with E-state index in [2.05, 4.69) is 21.4 Å². The Morgan fingerprint density at radius 3 is 3.22 bits per heavy atom. The van der Waals surface area contributed by atoms with Crippen molar-refractivity contribution in [3.05, 3.63) is 18.2 Å². The lowest BCUT2D eigenvalue weighted by Gasteiger charge is -2.40. The molecular formula is C14H23N3O. The topological polar surface area (TPSA) is 41.3 Å². The minimum atomic E-state index is -0.538. The van der Waals surface area contributed by atoms with Crippen LogP contribution in [0.3, 0.4) is 0 Å². The number of nitrogens with zero attached hydrogens (tertiary/aromatic N) is 3. The van der Waals surface area contributed by atoms with Gasteiger partial charge in [-0.05, 0) is 39.2 Å². The number of aromatic nitrogens is 2. The summed E-state index contributed by atoms with van der Waals surface area (Å²) >= 11 is 0. The van der Waals surface area contributed by atoms with E-state index in [0.29, 0.717) is 12.5 Å². The van der Waals surface area contributed by atoms with Crippen molar-refractivity contribution in [2.75, 3.05) is 13.1 Å². The van der Waals surface area contributed by atoms with Crippen molar-refractivity contribution >= 4 is 0 Å². The van der Waals surface area contributed by atoms with Crippen molar-refractivity contribution in [1.29, 1.82) is 0 Å². The summed E-state index contributed by atoms with van der Waals surface area (Å²) < 4.78 is 2.14. The van der Waals surface area contributed by atoms with E-state index in [1.807, 2.05) is 12.4 Å². The Balaban J connectivity index is 1.71. The van der Waals surface area contributed by atoms with E-state index in [0.717, 1.165) is 31.8 Å². The molecule has 3 rings (SSSR count). The molecule has 0 saturated carbocycles. The molecule has 4 heteroatoms. The summed E-state index contributed by atoms with van der Waals surface area (Å²) in [7, 11) is 0. The molecule has 0 aromatic carbocycles. The second kappa shape index (κ2) is 4.67. The van der Waals surface area contributed by atoms with Gasteiger partial charge in [-0.25, -0.2) is 4.98 Å². The number of hydrogen-bond acceptors (Lipinski definition) is 3. The lowest BCUT2D eigenvalue weighted by Crippen LogP contribution is -2.49. The molecule has 2 fully saturated rings. The van der Waals surface area contributed by atoms with Gasteiger partial charge >= 0.3 is 0 Å². The zero-order valence-electron chi connectivity index (χ0n) is 11.2. The second-order valence-corrected chi connectivity index (χ2v) is 5.82.